The van der Waals surface area contributed by atoms with Crippen LogP contribution in [0.5, 0.6) is 11.5 Å². The summed E-state index contributed by atoms with van der Waals surface area (Å²) < 4.78 is 15.3. The van der Waals surface area contributed by atoms with Gasteiger partial charge in [0, 0.05) is 19.1 Å². The number of phenols is 1. The van der Waals surface area contributed by atoms with E-state index < -0.39 is 0 Å². The van der Waals surface area contributed by atoms with Crippen molar-refractivity contribution in [1.82, 2.24) is 10.1 Å². The van der Waals surface area contributed by atoms with Gasteiger partial charge in [-0.3, -0.25) is 0 Å². The third-order valence-corrected chi connectivity index (χ3v) is 2.77. The van der Waals surface area contributed by atoms with Crippen molar-refractivity contribution in [2.24, 2.45) is 0 Å². The van der Waals surface area contributed by atoms with Gasteiger partial charge in [0.15, 0.2) is 17.3 Å². The molecule has 0 bridgehead atoms. The maximum absolute atomic E-state index is 9.71. The molecule has 0 spiro atoms. The van der Waals surface area contributed by atoms with Crippen LogP contribution in [0, 0.1) is 0 Å². The second kappa shape index (κ2) is 5.71. The lowest BCUT2D eigenvalue weighted by Crippen LogP contribution is -2.09. The molecule has 0 saturated carbocycles. The van der Waals surface area contributed by atoms with Gasteiger partial charge in [-0.05, 0) is 25.1 Å². The minimum Gasteiger partial charge on any atom is -0.504 e. The lowest BCUT2D eigenvalue weighted by Gasteiger charge is -2.04. The van der Waals surface area contributed by atoms with Crippen LogP contribution in [-0.2, 0) is 11.2 Å². The van der Waals surface area contributed by atoms with E-state index in [2.05, 4.69) is 10.1 Å². The number of aromatic hydroxyl groups is 1. The average Bonchev–Trinajstić information content (AvgIpc) is 2.87. The van der Waals surface area contributed by atoms with E-state index in [1.165, 1.54) is 13.2 Å². The number of aromatic nitrogens is 2. The van der Waals surface area contributed by atoms with E-state index in [0.717, 1.165) is 0 Å². The molecular formula is C13H16N2O4. The zero-order valence-electron chi connectivity index (χ0n) is 11.1. The van der Waals surface area contributed by atoms with Gasteiger partial charge in [-0.15, -0.1) is 0 Å². The number of methoxy groups -OCH3 is 2. The highest BCUT2D eigenvalue weighted by molar-refractivity contribution is 5.59. The predicted octanol–water partition coefficient (Wildman–Crippen LogP) is 2.03. The summed E-state index contributed by atoms with van der Waals surface area (Å²) in [6.45, 7) is 1.93. The fourth-order valence-electron chi connectivity index (χ4n) is 1.62. The molecule has 6 heteroatoms. The molecule has 2 rings (SSSR count). The predicted molar refractivity (Wildman–Crippen MR) is 68.1 cm³/mol. The normalized spacial score (nSPS) is 12.4. The van der Waals surface area contributed by atoms with E-state index in [1.54, 1.807) is 19.2 Å². The highest BCUT2D eigenvalue weighted by Gasteiger charge is 2.13. The third kappa shape index (κ3) is 3.03. The molecule has 1 aromatic heterocycles. The van der Waals surface area contributed by atoms with E-state index >= 15 is 0 Å². The molecular weight excluding hydrogens is 248 g/mol. The highest BCUT2D eigenvalue weighted by Crippen LogP contribution is 2.30. The average molecular weight is 264 g/mol. The monoisotopic (exact) mass is 264 g/mol. The number of hydrogen-bond acceptors (Lipinski definition) is 6. The third-order valence-electron chi connectivity index (χ3n) is 2.77. The molecule has 1 unspecified atom stereocenters. The van der Waals surface area contributed by atoms with E-state index in [-0.39, 0.29) is 11.9 Å². The topological polar surface area (TPSA) is 77.6 Å². The van der Waals surface area contributed by atoms with Gasteiger partial charge in [-0.2, -0.15) is 4.98 Å². The molecule has 6 nitrogen and oxygen atoms in total. The van der Waals surface area contributed by atoms with Crippen LogP contribution in [0.15, 0.2) is 22.7 Å². The van der Waals surface area contributed by atoms with Crippen molar-refractivity contribution in [2.75, 3.05) is 14.2 Å². The Morgan fingerprint density at radius 1 is 1.37 bits per heavy atom. The molecule has 0 fully saturated rings. The second-order valence-electron chi connectivity index (χ2n) is 4.15. The molecule has 0 amide bonds. The summed E-state index contributed by atoms with van der Waals surface area (Å²) in [5.41, 5.74) is 0.641. The summed E-state index contributed by atoms with van der Waals surface area (Å²) >= 11 is 0. The van der Waals surface area contributed by atoms with Gasteiger partial charge in [0.2, 0.25) is 0 Å². The first kappa shape index (κ1) is 13.4. The minimum absolute atomic E-state index is 0.0229. The fraction of sp³-hybridized carbons (Fsp3) is 0.385. The maximum atomic E-state index is 9.71. The summed E-state index contributed by atoms with van der Waals surface area (Å²) in [5.74, 6) is 1.36. The Bertz CT molecular complexity index is 553. The molecule has 0 aliphatic rings. The second-order valence-corrected chi connectivity index (χ2v) is 4.15. The number of phenolic OH excluding ortho intramolecular Hbond substituents is 1. The van der Waals surface area contributed by atoms with E-state index in [0.29, 0.717) is 29.4 Å². The molecule has 1 heterocycles. The Balaban J connectivity index is 2.20. The van der Waals surface area contributed by atoms with Crippen molar-refractivity contribution in [3.63, 3.8) is 0 Å². The number of rotatable bonds is 5. The van der Waals surface area contributed by atoms with Crippen molar-refractivity contribution in [3.8, 4) is 23.0 Å². The standard InChI is InChI=1S/C13H16N2O4/c1-8(17-2)6-12-14-13(19-15-12)9-4-5-11(18-3)10(16)7-9/h4-5,7-8,16H,6H2,1-3H3. The number of benzene rings is 1. The van der Waals surface area contributed by atoms with Gasteiger partial charge < -0.3 is 19.1 Å². The van der Waals surface area contributed by atoms with E-state index in [1.807, 2.05) is 6.92 Å². The summed E-state index contributed by atoms with van der Waals surface area (Å²) in [6, 6.07) is 4.91. The Kier molecular flexibility index (Phi) is 4.01. The summed E-state index contributed by atoms with van der Waals surface area (Å²) in [4.78, 5) is 4.26. The van der Waals surface area contributed by atoms with Crippen LogP contribution in [0.2, 0.25) is 0 Å². The van der Waals surface area contributed by atoms with Crippen LogP contribution >= 0.6 is 0 Å². The smallest absolute Gasteiger partial charge is 0.258 e. The van der Waals surface area contributed by atoms with Crippen LogP contribution in [0.3, 0.4) is 0 Å². The Morgan fingerprint density at radius 2 is 2.16 bits per heavy atom. The zero-order chi connectivity index (χ0) is 13.8. The Morgan fingerprint density at radius 3 is 2.79 bits per heavy atom. The van der Waals surface area contributed by atoms with E-state index in [9.17, 15) is 5.11 Å². The first-order chi connectivity index (χ1) is 9.13. The van der Waals surface area contributed by atoms with Crippen LogP contribution in [-0.4, -0.2) is 35.6 Å². The van der Waals surface area contributed by atoms with Gasteiger partial charge >= 0.3 is 0 Å². The van der Waals surface area contributed by atoms with Crippen molar-refractivity contribution in [1.29, 1.82) is 0 Å². The van der Waals surface area contributed by atoms with Gasteiger partial charge in [0.25, 0.3) is 5.89 Å². The van der Waals surface area contributed by atoms with Crippen LogP contribution in [0.25, 0.3) is 11.5 Å². The van der Waals surface area contributed by atoms with Gasteiger partial charge in [-0.25, -0.2) is 0 Å². The Labute approximate surface area is 111 Å². The lowest BCUT2D eigenvalue weighted by atomic mass is 10.2. The largest absolute Gasteiger partial charge is 0.504 e. The summed E-state index contributed by atoms with van der Waals surface area (Å²) in [7, 11) is 3.12. The molecule has 1 N–H and O–H groups in total. The molecule has 0 aliphatic heterocycles. The quantitative estimate of drug-likeness (QED) is 0.890. The fourth-order valence-corrected chi connectivity index (χ4v) is 1.62. The van der Waals surface area contributed by atoms with Crippen LogP contribution in [0.1, 0.15) is 12.7 Å². The molecule has 2 aromatic rings. The van der Waals surface area contributed by atoms with Crippen molar-refractivity contribution in [2.45, 2.75) is 19.4 Å². The van der Waals surface area contributed by atoms with Crippen LogP contribution in [0.4, 0.5) is 0 Å². The summed E-state index contributed by atoms with van der Waals surface area (Å²) in [6.07, 6.45) is 0.594. The van der Waals surface area contributed by atoms with Gasteiger partial charge in [0.1, 0.15) is 0 Å². The zero-order valence-corrected chi connectivity index (χ0v) is 11.1. The van der Waals surface area contributed by atoms with Crippen molar-refractivity contribution < 1.29 is 19.1 Å². The molecule has 0 radical (unpaired) electrons. The molecule has 1 aromatic carbocycles. The molecule has 0 saturated heterocycles. The lowest BCUT2D eigenvalue weighted by molar-refractivity contribution is 0.116. The SMILES string of the molecule is COc1ccc(-c2nc(CC(C)OC)no2)cc1O. The highest BCUT2D eigenvalue weighted by atomic mass is 16.5. The number of hydrogen-bond donors (Lipinski definition) is 1. The molecule has 0 aliphatic carbocycles. The number of ether oxygens (including phenoxy) is 2. The minimum atomic E-state index is 0.0229. The van der Waals surface area contributed by atoms with E-state index in [4.69, 9.17) is 14.0 Å². The van der Waals surface area contributed by atoms with Crippen molar-refractivity contribution >= 4 is 0 Å². The van der Waals surface area contributed by atoms with Crippen LogP contribution < -0.4 is 4.74 Å². The molecule has 102 valence electrons. The molecule has 19 heavy (non-hydrogen) atoms. The molecule has 1 atom stereocenters. The van der Waals surface area contributed by atoms with Gasteiger partial charge in [0.05, 0.1) is 13.2 Å². The summed E-state index contributed by atoms with van der Waals surface area (Å²) in [5, 5.41) is 13.6. The first-order valence-corrected chi connectivity index (χ1v) is 5.86. The Hall–Kier alpha value is -2.08. The van der Waals surface area contributed by atoms with Crippen molar-refractivity contribution in [3.05, 3.63) is 24.0 Å². The first-order valence-electron chi connectivity index (χ1n) is 5.86. The number of nitrogens with zero attached hydrogens (tertiary/aromatic N) is 2. The maximum Gasteiger partial charge on any atom is 0.258 e. The van der Waals surface area contributed by atoms with Gasteiger partial charge in [-0.1, -0.05) is 5.16 Å².